The quantitative estimate of drug-likeness (QED) is 0.625. The molecular weight excluding hydrogens is 133 g/mol. The highest BCUT2D eigenvalue weighted by Crippen LogP contribution is 2.08. The molecule has 0 aliphatic carbocycles. The second-order valence-corrected chi connectivity index (χ2v) is 2.79. The molecule has 0 aromatic heterocycles. The molecular formula is C7H14FNO. The van der Waals surface area contributed by atoms with E-state index in [9.17, 15) is 4.39 Å². The lowest BCUT2D eigenvalue weighted by molar-refractivity contribution is 0.175. The molecule has 1 rings (SSSR count). The number of halogens is 1. The lowest BCUT2D eigenvalue weighted by atomic mass is 10.3. The van der Waals surface area contributed by atoms with Gasteiger partial charge < -0.3 is 10.0 Å². The molecule has 3 heteroatoms. The second kappa shape index (κ2) is 3.88. The summed E-state index contributed by atoms with van der Waals surface area (Å²) in [7, 11) is 0. The Morgan fingerprint density at radius 1 is 1.60 bits per heavy atom. The summed E-state index contributed by atoms with van der Waals surface area (Å²) in [6.45, 7) is 2.22. The van der Waals surface area contributed by atoms with Crippen LogP contribution in [0.15, 0.2) is 0 Å². The Bertz CT molecular complexity index is 99.6. The molecule has 1 atom stereocenters. The predicted molar refractivity (Wildman–Crippen MR) is 37.7 cm³/mol. The molecule has 1 unspecified atom stereocenters. The van der Waals surface area contributed by atoms with Gasteiger partial charge in [-0.3, -0.25) is 4.39 Å². The fourth-order valence-corrected chi connectivity index (χ4v) is 1.30. The van der Waals surface area contributed by atoms with Gasteiger partial charge in [-0.05, 0) is 12.8 Å². The summed E-state index contributed by atoms with van der Waals surface area (Å²) < 4.78 is 11.7. The van der Waals surface area contributed by atoms with Crippen molar-refractivity contribution in [3.8, 4) is 0 Å². The van der Waals surface area contributed by atoms with Gasteiger partial charge in [0, 0.05) is 19.6 Å². The third kappa shape index (κ3) is 2.23. The first-order chi connectivity index (χ1) is 4.83. The highest BCUT2D eigenvalue weighted by molar-refractivity contribution is 4.73. The van der Waals surface area contributed by atoms with Crippen molar-refractivity contribution in [2.24, 2.45) is 0 Å². The van der Waals surface area contributed by atoms with Crippen LogP contribution >= 0.6 is 0 Å². The minimum Gasteiger partial charge on any atom is -0.392 e. The molecule has 0 aromatic carbocycles. The van der Waals surface area contributed by atoms with E-state index in [1.54, 1.807) is 0 Å². The minimum absolute atomic E-state index is 0.167. The van der Waals surface area contributed by atoms with Crippen molar-refractivity contribution in [2.45, 2.75) is 18.9 Å². The average Bonchev–Trinajstić information content (AvgIpc) is 2.31. The molecule has 1 N–H and O–H groups in total. The van der Waals surface area contributed by atoms with E-state index in [2.05, 4.69) is 4.90 Å². The maximum atomic E-state index is 11.7. The van der Waals surface area contributed by atoms with E-state index in [-0.39, 0.29) is 12.8 Å². The number of hydrogen-bond acceptors (Lipinski definition) is 2. The third-order valence-corrected chi connectivity index (χ3v) is 1.86. The Morgan fingerprint density at radius 2 is 2.40 bits per heavy atom. The lowest BCUT2D eigenvalue weighted by Crippen LogP contribution is -2.23. The molecule has 10 heavy (non-hydrogen) atoms. The van der Waals surface area contributed by atoms with Gasteiger partial charge in [0.25, 0.3) is 0 Å². The SMILES string of the molecule is OC1CCN(CCCF)C1. The first-order valence-corrected chi connectivity index (χ1v) is 3.79. The van der Waals surface area contributed by atoms with Crippen LogP contribution in [0, 0.1) is 0 Å². The minimum atomic E-state index is -0.243. The van der Waals surface area contributed by atoms with Gasteiger partial charge in [0.2, 0.25) is 0 Å². The van der Waals surface area contributed by atoms with Gasteiger partial charge in [-0.1, -0.05) is 0 Å². The Balaban J connectivity index is 2.06. The molecule has 0 spiro atoms. The molecule has 0 amide bonds. The van der Waals surface area contributed by atoms with E-state index in [1.165, 1.54) is 0 Å². The van der Waals surface area contributed by atoms with Crippen LogP contribution < -0.4 is 0 Å². The summed E-state index contributed by atoms with van der Waals surface area (Å²) in [5.74, 6) is 0. The summed E-state index contributed by atoms with van der Waals surface area (Å²) >= 11 is 0. The predicted octanol–water partition coefficient (Wildman–Crippen LogP) is 0.413. The van der Waals surface area contributed by atoms with Crippen LogP contribution in [0.5, 0.6) is 0 Å². The number of likely N-dealkylation sites (tertiary alicyclic amines) is 1. The number of β-amino-alcohol motifs (C(OH)–C–C–N with tert-alkyl or cyclic N) is 1. The summed E-state index contributed by atoms with van der Waals surface area (Å²) in [6, 6.07) is 0. The topological polar surface area (TPSA) is 23.5 Å². The molecule has 1 saturated heterocycles. The van der Waals surface area contributed by atoms with Crippen molar-refractivity contribution >= 4 is 0 Å². The zero-order valence-electron chi connectivity index (χ0n) is 6.09. The standard InChI is InChI=1S/C7H14FNO/c8-3-1-4-9-5-2-7(10)6-9/h7,10H,1-6H2. The largest absolute Gasteiger partial charge is 0.392 e. The first kappa shape index (κ1) is 7.95. The van der Waals surface area contributed by atoms with Crippen LogP contribution in [0.1, 0.15) is 12.8 Å². The normalized spacial score (nSPS) is 27.6. The third-order valence-electron chi connectivity index (χ3n) is 1.86. The van der Waals surface area contributed by atoms with E-state index in [4.69, 9.17) is 5.11 Å². The smallest absolute Gasteiger partial charge is 0.0906 e. The lowest BCUT2D eigenvalue weighted by Gasteiger charge is -2.12. The van der Waals surface area contributed by atoms with Crippen LogP contribution in [0.25, 0.3) is 0 Å². The number of alkyl halides is 1. The maximum Gasteiger partial charge on any atom is 0.0906 e. The van der Waals surface area contributed by atoms with Crippen molar-refractivity contribution in [1.29, 1.82) is 0 Å². The monoisotopic (exact) mass is 147 g/mol. The zero-order valence-corrected chi connectivity index (χ0v) is 6.09. The maximum absolute atomic E-state index is 11.7. The Morgan fingerprint density at radius 3 is 2.90 bits per heavy atom. The van der Waals surface area contributed by atoms with E-state index in [0.29, 0.717) is 6.42 Å². The summed E-state index contributed by atoms with van der Waals surface area (Å²) in [4.78, 5) is 2.10. The van der Waals surface area contributed by atoms with Crippen LogP contribution in [0.4, 0.5) is 4.39 Å². The Hall–Kier alpha value is -0.150. The Labute approximate surface area is 60.6 Å². The van der Waals surface area contributed by atoms with Gasteiger partial charge in [0.05, 0.1) is 12.8 Å². The number of nitrogens with zero attached hydrogens (tertiary/aromatic N) is 1. The average molecular weight is 147 g/mol. The molecule has 1 heterocycles. The van der Waals surface area contributed by atoms with Crippen LogP contribution in [-0.4, -0.2) is 42.4 Å². The van der Waals surface area contributed by atoms with Gasteiger partial charge in [-0.2, -0.15) is 0 Å². The fraction of sp³-hybridized carbons (Fsp3) is 1.00. The molecule has 2 nitrogen and oxygen atoms in total. The van der Waals surface area contributed by atoms with Crippen molar-refractivity contribution < 1.29 is 9.50 Å². The van der Waals surface area contributed by atoms with Crippen LogP contribution in [-0.2, 0) is 0 Å². The van der Waals surface area contributed by atoms with Crippen molar-refractivity contribution in [3.63, 3.8) is 0 Å². The summed E-state index contributed by atoms with van der Waals surface area (Å²) in [6.07, 6.45) is 1.29. The van der Waals surface area contributed by atoms with Gasteiger partial charge in [0.15, 0.2) is 0 Å². The highest BCUT2D eigenvalue weighted by atomic mass is 19.1. The molecule has 0 radical (unpaired) electrons. The number of aliphatic hydroxyl groups excluding tert-OH is 1. The number of aliphatic hydroxyl groups is 1. The molecule has 1 fully saturated rings. The van der Waals surface area contributed by atoms with Gasteiger partial charge >= 0.3 is 0 Å². The van der Waals surface area contributed by atoms with Crippen LogP contribution in [0.2, 0.25) is 0 Å². The van der Waals surface area contributed by atoms with E-state index < -0.39 is 0 Å². The molecule has 1 aliphatic heterocycles. The molecule has 60 valence electrons. The molecule has 0 aromatic rings. The van der Waals surface area contributed by atoms with E-state index in [0.717, 1.165) is 26.1 Å². The van der Waals surface area contributed by atoms with Gasteiger partial charge in [-0.25, -0.2) is 0 Å². The van der Waals surface area contributed by atoms with Gasteiger partial charge in [-0.15, -0.1) is 0 Å². The summed E-state index contributed by atoms with van der Waals surface area (Å²) in [5.41, 5.74) is 0. The second-order valence-electron chi connectivity index (χ2n) is 2.79. The highest BCUT2D eigenvalue weighted by Gasteiger charge is 2.18. The van der Waals surface area contributed by atoms with Crippen molar-refractivity contribution in [1.82, 2.24) is 4.90 Å². The molecule has 0 bridgehead atoms. The van der Waals surface area contributed by atoms with Crippen molar-refractivity contribution in [2.75, 3.05) is 26.3 Å². The number of rotatable bonds is 3. The van der Waals surface area contributed by atoms with Crippen molar-refractivity contribution in [3.05, 3.63) is 0 Å². The summed E-state index contributed by atoms with van der Waals surface area (Å²) in [5, 5.41) is 9.06. The van der Waals surface area contributed by atoms with Crippen LogP contribution in [0.3, 0.4) is 0 Å². The van der Waals surface area contributed by atoms with E-state index in [1.807, 2.05) is 0 Å². The molecule has 1 aliphatic rings. The number of hydrogen-bond donors (Lipinski definition) is 1. The van der Waals surface area contributed by atoms with E-state index >= 15 is 0 Å². The zero-order chi connectivity index (χ0) is 7.40. The molecule has 0 saturated carbocycles. The Kier molecular flexibility index (Phi) is 3.09. The fourth-order valence-electron chi connectivity index (χ4n) is 1.30. The first-order valence-electron chi connectivity index (χ1n) is 3.79. The van der Waals surface area contributed by atoms with Gasteiger partial charge in [0.1, 0.15) is 0 Å².